The Bertz CT molecular complexity index is 712. The Morgan fingerprint density at radius 2 is 2.14 bits per heavy atom. The molecule has 1 atom stereocenters. The molecule has 1 fully saturated rings. The first kappa shape index (κ1) is 14.1. The first-order valence-electron chi connectivity index (χ1n) is 6.95. The average Bonchev–Trinajstić information content (AvgIpc) is 2.71. The van der Waals surface area contributed by atoms with Crippen LogP contribution in [0.4, 0.5) is 0 Å². The largest absolute Gasteiger partial charge is 0.370 e. The monoisotopic (exact) mass is 307 g/mol. The van der Waals surface area contributed by atoms with E-state index < -0.39 is 10.0 Å². The van der Waals surface area contributed by atoms with Crippen molar-refractivity contribution >= 4 is 21.8 Å². The smallest absolute Gasteiger partial charge is 0.285 e. The Hall–Kier alpha value is -1.89. The number of amides is 1. The van der Waals surface area contributed by atoms with E-state index in [9.17, 15) is 13.2 Å². The summed E-state index contributed by atoms with van der Waals surface area (Å²) in [7, 11) is -3.59. The molecule has 0 radical (unpaired) electrons. The number of fused-ring (bicyclic) bond motifs is 1. The van der Waals surface area contributed by atoms with Gasteiger partial charge in [-0.2, -0.15) is 8.42 Å². The van der Waals surface area contributed by atoms with Gasteiger partial charge in [-0.15, -0.1) is 4.40 Å². The summed E-state index contributed by atoms with van der Waals surface area (Å²) in [6.45, 7) is 1.36. The van der Waals surface area contributed by atoms with Gasteiger partial charge >= 0.3 is 0 Å². The Morgan fingerprint density at radius 1 is 1.38 bits per heavy atom. The van der Waals surface area contributed by atoms with Crippen LogP contribution in [-0.4, -0.2) is 38.2 Å². The van der Waals surface area contributed by atoms with E-state index in [1.54, 1.807) is 24.3 Å². The molecule has 3 rings (SSSR count). The molecule has 21 heavy (non-hydrogen) atoms. The van der Waals surface area contributed by atoms with Crippen molar-refractivity contribution in [3.05, 3.63) is 29.8 Å². The summed E-state index contributed by atoms with van der Waals surface area (Å²) in [5.41, 5.74) is 5.91. The van der Waals surface area contributed by atoms with Gasteiger partial charge in [0.1, 0.15) is 4.90 Å². The third-order valence-electron chi connectivity index (χ3n) is 3.92. The van der Waals surface area contributed by atoms with Crippen LogP contribution >= 0.6 is 0 Å². The Kier molecular flexibility index (Phi) is 3.44. The molecule has 0 bridgehead atoms. The van der Waals surface area contributed by atoms with Gasteiger partial charge in [-0.25, -0.2) is 0 Å². The molecule has 2 aliphatic heterocycles. The van der Waals surface area contributed by atoms with E-state index in [1.165, 1.54) is 0 Å². The van der Waals surface area contributed by atoms with Crippen LogP contribution in [0.5, 0.6) is 0 Å². The van der Waals surface area contributed by atoms with Crippen molar-refractivity contribution in [1.82, 2.24) is 4.90 Å². The maximum atomic E-state index is 12.1. The van der Waals surface area contributed by atoms with E-state index in [4.69, 9.17) is 5.73 Å². The summed E-state index contributed by atoms with van der Waals surface area (Å²) < 4.78 is 28.1. The topological polar surface area (TPSA) is 92.8 Å². The predicted molar refractivity (Wildman–Crippen MR) is 78.3 cm³/mol. The Labute approximate surface area is 123 Å². The third kappa shape index (κ3) is 2.65. The lowest BCUT2D eigenvalue weighted by molar-refractivity contribution is -0.119. The number of carbonyl (C=O) groups is 1. The van der Waals surface area contributed by atoms with E-state index in [-0.39, 0.29) is 16.7 Å². The van der Waals surface area contributed by atoms with Crippen molar-refractivity contribution in [2.75, 3.05) is 13.1 Å². The lowest BCUT2D eigenvalue weighted by Gasteiger charge is -2.33. The molecule has 0 spiro atoms. The van der Waals surface area contributed by atoms with Crippen molar-refractivity contribution in [2.45, 2.75) is 24.2 Å². The molecule has 112 valence electrons. The number of nitrogens with zero attached hydrogens (tertiary/aromatic N) is 2. The van der Waals surface area contributed by atoms with Gasteiger partial charge in [-0.05, 0) is 30.9 Å². The van der Waals surface area contributed by atoms with Crippen LogP contribution < -0.4 is 5.73 Å². The second kappa shape index (κ2) is 5.14. The first-order valence-corrected chi connectivity index (χ1v) is 8.39. The molecule has 2 N–H and O–H groups in total. The van der Waals surface area contributed by atoms with Crippen LogP contribution in [0.1, 0.15) is 24.8 Å². The van der Waals surface area contributed by atoms with E-state index in [0.29, 0.717) is 24.4 Å². The van der Waals surface area contributed by atoms with Gasteiger partial charge in [-0.3, -0.25) is 4.79 Å². The normalized spacial score (nSPS) is 23.5. The predicted octanol–water partition coefficient (Wildman–Crippen LogP) is 0.723. The molecule has 6 nitrogen and oxygen atoms in total. The zero-order valence-corrected chi connectivity index (χ0v) is 12.3. The minimum atomic E-state index is -3.59. The van der Waals surface area contributed by atoms with Gasteiger partial charge in [0.15, 0.2) is 5.84 Å². The van der Waals surface area contributed by atoms with Gasteiger partial charge in [-0.1, -0.05) is 12.1 Å². The van der Waals surface area contributed by atoms with Gasteiger partial charge in [0.2, 0.25) is 5.91 Å². The molecule has 0 aliphatic carbocycles. The fourth-order valence-corrected chi connectivity index (χ4v) is 4.25. The number of rotatable bonds is 2. The molecule has 1 aromatic rings. The Morgan fingerprint density at radius 3 is 2.90 bits per heavy atom. The molecular weight excluding hydrogens is 290 g/mol. The van der Waals surface area contributed by atoms with Crippen molar-refractivity contribution in [2.24, 2.45) is 16.0 Å². The van der Waals surface area contributed by atoms with Crippen molar-refractivity contribution in [1.29, 1.82) is 0 Å². The molecule has 1 aromatic carbocycles. The van der Waals surface area contributed by atoms with E-state index in [0.717, 1.165) is 19.4 Å². The van der Waals surface area contributed by atoms with Crippen molar-refractivity contribution in [3.8, 4) is 0 Å². The van der Waals surface area contributed by atoms with Crippen LogP contribution in [0.3, 0.4) is 0 Å². The van der Waals surface area contributed by atoms with E-state index in [1.807, 2.05) is 4.90 Å². The fraction of sp³-hybridized carbons (Fsp3) is 0.429. The van der Waals surface area contributed by atoms with Gasteiger partial charge in [0, 0.05) is 25.1 Å². The first-order chi connectivity index (χ1) is 9.97. The molecule has 0 saturated carbocycles. The summed E-state index contributed by atoms with van der Waals surface area (Å²) in [6.07, 6.45) is 2.17. The van der Waals surface area contributed by atoms with Crippen LogP contribution in [-0.2, 0) is 14.8 Å². The number of hydrogen-bond acceptors (Lipinski definition) is 4. The minimum absolute atomic E-state index is 0.161. The van der Waals surface area contributed by atoms with Gasteiger partial charge in [0.25, 0.3) is 10.0 Å². The highest BCUT2D eigenvalue weighted by atomic mass is 32.2. The van der Waals surface area contributed by atoms with E-state index >= 15 is 0 Å². The zero-order valence-electron chi connectivity index (χ0n) is 11.5. The number of benzene rings is 1. The summed E-state index contributed by atoms with van der Waals surface area (Å²) >= 11 is 0. The molecule has 1 amide bonds. The summed E-state index contributed by atoms with van der Waals surface area (Å²) in [5, 5.41) is 0. The highest BCUT2D eigenvalue weighted by Crippen LogP contribution is 2.30. The number of sulfonamides is 1. The quantitative estimate of drug-likeness (QED) is 0.871. The average molecular weight is 307 g/mol. The number of hydrogen-bond donors (Lipinski definition) is 1. The standard InChI is InChI=1S/C14H17N3O3S/c15-13(18)8-10-4-3-7-17(9-10)14-11-5-1-2-6-12(11)21(19,20)16-14/h1-2,5-6,10H,3-4,7-9H2,(H2,15,18). The highest BCUT2D eigenvalue weighted by molar-refractivity contribution is 7.90. The maximum Gasteiger partial charge on any atom is 0.285 e. The van der Waals surface area contributed by atoms with Crippen LogP contribution in [0, 0.1) is 5.92 Å². The number of primary amides is 1. The molecular formula is C14H17N3O3S. The number of piperidine rings is 1. The van der Waals surface area contributed by atoms with Crippen molar-refractivity contribution < 1.29 is 13.2 Å². The van der Waals surface area contributed by atoms with Crippen LogP contribution in [0.15, 0.2) is 33.6 Å². The highest BCUT2D eigenvalue weighted by Gasteiger charge is 2.33. The fourth-order valence-electron chi connectivity index (χ4n) is 3.03. The van der Waals surface area contributed by atoms with Crippen molar-refractivity contribution in [3.63, 3.8) is 0 Å². The van der Waals surface area contributed by atoms with Gasteiger partial charge in [0.05, 0.1) is 0 Å². The summed E-state index contributed by atoms with van der Waals surface area (Å²) in [6, 6.07) is 6.85. The molecule has 2 aliphatic rings. The second-order valence-corrected chi connectivity index (χ2v) is 7.08. The summed E-state index contributed by atoms with van der Waals surface area (Å²) in [4.78, 5) is 13.3. The second-order valence-electron chi connectivity index (χ2n) is 5.51. The molecule has 1 unspecified atom stereocenters. The van der Waals surface area contributed by atoms with E-state index in [2.05, 4.69) is 4.40 Å². The maximum absolute atomic E-state index is 12.1. The molecule has 7 heteroatoms. The number of amidine groups is 1. The lowest BCUT2D eigenvalue weighted by Crippen LogP contribution is -2.41. The SMILES string of the molecule is NC(=O)CC1CCCN(C2=NS(=O)(=O)c3ccccc32)C1. The number of carbonyl (C=O) groups excluding carboxylic acids is 1. The molecule has 2 heterocycles. The molecule has 1 saturated heterocycles. The number of nitrogens with two attached hydrogens (primary N) is 1. The lowest BCUT2D eigenvalue weighted by atomic mass is 9.94. The third-order valence-corrected chi connectivity index (χ3v) is 5.25. The van der Waals surface area contributed by atoms with Crippen LogP contribution in [0.25, 0.3) is 0 Å². The number of likely N-dealkylation sites (tertiary alicyclic amines) is 1. The van der Waals surface area contributed by atoms with Crippen LogP contribution in [0.2, 0.25) is 0 Å². The Balaban J connectivity index is 1.89. The molecule has 0 aromatic heterocycles. The zero-order chi connectivity index (χ0) is 15.0. The minimum Gasteiger partial charge on any atom is -0.370 e. The van der Waals surface area contributed by atoms with Gasteiger partial charge < -0.3 is 10.6 Å². The summed E-state index contributed by atoms with van der Waals surface area (Å²) in [5.74, 6) is 0.345.